The highest BCUT2D eigenvalue weighted by Crippen LogP contribution is 2.25. The number of nitrogens with zero attached hydrogens (tertiary/aromatic N) is 2. The Morgan fingerprint density at radius 3 is 2.78 bits per heavy atom. The van der Waals surface area contributed by atoms with E-state index < -0.39 is 0 Å². The molecule has 0 aliphatic carbocycles. The van der Waals surface area contributed by atoms with Crippen molar-refractivity contribution in [3.05, 3.63) is 68.3 Å². The molecule has 0 saturated carbocycles. The first-order valence-corrected chi connectivity index (χ1v) is 7.66. The monoisotopic (exact) mass is 344 g/mol. The molecule has 4 aromatic rings. The minimum absolute atomic E-state index is 0.229. The van der Waals surface area contributed by atoms with Crippen LogP contribution < -0.4 is 5.56 Å². The average Bonchev–Trinajstić information content (AvgIpc) is 2.97. The molecule has 5 nitrogen and oxygen atoms in total. The number of hydrogen-bond acceptors (Lipinski definition) is 3. The first kappa shape index (κ1) is 14.2. The molecule has 0 aliphatic heterocycles. The van der Waals surface area contributed by atoms with Crippen LogP contribution in [0.3, 0.4) is 0 Å². The maximum Gasteiger partial charge on any atom is 0.258 e. The Bertz CT molecular complexity index is 1100. The number of hydrogen-bond donors (Lipinski definition) is 2. The third-order valence-electron chi connectivity index (χ3n) is 3.67. The number of benzene rings is 2. The topological polar surface area (TPSA) is 74.4 Å². The molecule has 0 aliphatic rings. The van der Waals surface area contributed by atoms with Gasteiger partial charge in [-0.3, -0.25) is 9.89 Å². The summed E-state index contributed by atoms with van der Waals surface area (Å²) in [6.45, 7) is 0. The molecule has 7 heteroatoms. The average molecular weight is 345 g/mol. The predicted molar refractivity (Wildman–Crippen MR) is 91.3 cm³/mol. The van der Waals surface area contributed by atoms with E-state index in [4.69, 9.17) is 23.2 Å². The summed E-state index contributed by atoms with van der Waals surface area (Å²) in [7, 11) is 0. The molecular weight excluding hydrogens is 335 g/mol. The number of nitrogens with one attached hydrogen (secondary N) is 2. The first-order chi connectivity index (χ1) is 11.1. The van der Waals surface area contributed by atoms with Gasteiger partial charge in [-0.15, -0.1) is 0 Å². The van der Waals surface area contributed by atoms with Crippen molar-refractivity contribution in [2.75, 3.05) is 0 Å². The number of aromatic nitrogens is 4. The molecule has 0 unspecified atom stereocenters. The van der Waals surface area contributed by atoms with Crippen LogP contribution in [0.1, 0.15) is 11.4 Å². The summed E-state index contributed by atoms with van der Waals surface area (Å²) in [6, 6.07) is 9.08. The van der Waals surface area contributed by atoms with Gasteiger partial charge in [0.05, 0.1) is 32.7 Å². The van der Waals surface area contributed by atoms with E-state index in [9.17, 15) is 4.79 Å². The van der Waals surface area contributed by atoms with E-state index in [-0.39, 0.29) is 5.56 Å². The van der Waals surface area contributed by atoms with Gasteiger partial charge in [-0.25, -0.2) is 4.98 Å². The summed E-state index contributed by atoms with van der Waals surface area (Å²) < 4.78 is 0. The molecule has 2 aromatic carbocycles. The Kier molecular flexibility index (Phi) is 3.32. The molecule has 0 fully saturated rings. The van der Waals surface area contributed by atoms with Gasteiger partial charge in [-0.05, 0) is 29.8 Å². The molecule has 0 atom stereocenters. The van der Waals surface area contributed by atoms with Gasteiger partial charge >= 0.3 is 0 Å². The van der Waals surface area contributed by atoms with Crippen LogP contribution in [-0.4, -0.2) is 20.2 Å². The smallest absolute Gasteiger partial charge is 0.258 e. The number of rotatable bonds is 2. The van der Waals surface area contributed by atoms with Crippen molar-refractivity contribution in [3.63, 3.8) is 0 Å². The van der Waals surface area contributed by atoms with Gasteiger partial charge in [0.15, 0.2) is 0 Å². The molecule has 0 saturated heterocycles. The fourth-order valence-corrected chi connectivity index (χ4v) is 2.88. The van der Waals surface area contributed by atoms with Crippen molar-refractivity contribution >= 4 is 45.0 Å². The molecule has 0 spiro atoms. The van der Waals surface area contributed by atoms with Crippen LogP contribution in [0.4, 0.5) is 0 Å². The van der Waals surface area contributed by atoms with E-state index in [1.54, 1.807) is 12.3 Å². The molecule has 0 bridgehead atoms. The molecule has 2 heterocycles. The lowest BCUT2D eigenvalue weighted by molar-refractivity contribution is 0.974. The van der Waals surface area contributed by atoms with Crippen molar-refractivity contribution in [1.29, 1.82) is 0 Å². The Morgan fingerprint density at radius 1 is 1.09 bits per heavy atom. The lowest BCUT2D eigenvalue weighted by Gasteiger charge is -2.05. The van der Waals surface area contributed by atoms with Crippen LogP contribution in [0.25, 0.3) is 21.8 Å². The van der Waals surface area contributed by atoms with Gasteiger partial charge in [0, 0.05) is 11.8 Å². The van der Waals surface area contributed by atoms with Gasteiger partial charge in [-0.1, -0.05) is 29.3 Å². The lowest BCUT2D eigenvalue weighted by atomic mass is 10.1. The largest absolute Gasteiger partial charge is 0.310 e. The van der Waals surface area contributed by atoms with Crippen molar-refractivity contribution in [3.8, 4) is 0 Å². The van der Waals surface area contributed by atoms with E-state index in [0.29, 0.717) is 33.2 Å². The van der Waals surface area contributed by atoms with E-state index in [1.807, 2.05) is 18.2 Å². The lowest BCUT2D eigenvalue weighted by Crippen LogP contribution is -2.12. The third kappa shape index (κ3) is 2.58. The normalized spacial score (nSPS) is 11.4. The maximum atomic E-state index is 12.2. The minimum Gasteiger partial charge on any atom is -0.310 e. The van der Waals surface area contributed by atoms with Crippen LogP contribution >= 0.6 is 23.2 Å². The van der Waals surface area contributed by atoms with Crippen LogP contribution in [0.15, 0.2) is 41.3 Å². The SMILES string of the molecule is O=c1[nH]c(Cc2ccc3[nH]ncc3c2)nc2cc(Cl)c(Cl)cc12. The Balaban J connectivity index is 1.79. The third-order valence-corrected chi connectivity index (χ3v) is 4.39. The van der Waals surface area contributed by atoms with Crippen LogP contribution in [0.5, 0.6) is 0 Å². The standard InChI is InChI=1S/C16H10Cl2N4O/c17-11-5-10-14(6-12(11)18)20-15(21-16(10)23)4-8-1-2-13-9(3-8)7-19-22-13/h1-3,5-7H,4H2,(H,19,22)(H,20,21,23). The summed E-state index contributed by atoms with van der Waals surface area (Å²) in [5.74, 6) is 0.573. The second-order valence-corrected chi connectivity index (χ2v) is 6.08. The van der Waals surface area contributed by atoms with Gasteiger partial charge in [-0.2, -0.15) is 5.10 Å². The Morgan fingerprint density at radius 2 is 1.91 bits per heavy atom. The number of fused-ring (bicyclic) bond motifs is 2. The minimum atomic E-state index is -0.229. The highest BCUT2D eigenvalue weighted by atomic mass is 35.5. The molecule has 2 N–H and O–H groups in total. The molecule has 23 heavy (non-hydrogen) atoms. The number of H-pyrrole nitrogens is 2. The quantitative estimate of drug-likeness (QED) is 0.582. The number of aromatic amines is 2. The summed E-state index contributed by atoms with van der Waals surface area (Å²) in [5.41, 5.74) is 2.30. The van der Waals surface area contributed by atoms with E-state index in [1.165, 1.54) is 6.07 Å². The first-order valence-electron chi connectivity index (χ1n) is 6.90. The zero-order chi connectivity index (χ0) is 16.0. The van der Waals surface area contributed by atoms with Crippen LogP contribution in [0.2, 0.25) is 10.0 Å². The number of halogens is 2. The molecule has 4 rings (SSSR count). The van der Waals surface area contributed by atoms with E-state index in [0.717, 1.165) is 16.5 Å². The zero-order valence-electron chi connectivity index (χ0n) is 11.7. The van der Waals surface area contributed by atoms with Crippen molar-refractivity contribution in [1.82, 2.24) is 20.2 Å². The second-order valence-electron chi connectivity index (χ2n) is 5.26. The van der Waals surface area contributed by atoms with Gasteiger partial charge in [0.25, 0.3) is 5.56 Å². The van der Waals surface area contributed by atoms with Gasteiger partial charge < -0.3 is 4.98 Å². The Labute approximate surface area is 140 Å². The van der Waals surface area contributed by atoms with Crippen LogP contribution in [-0.2, 0) is 6.42 Å². The van der Waals surface area contributed by atoms with E-state index >= 15 is 0 Å². The summed E-state index contributed by atoms with van der Waals surface area (Å²) in [5, 5.41) is 9.06. The molecular formula is C16H10Cl2N4O. The highest BCUT2D eigenvalue weighted by molar-refractivity contribution is 6.42. The van der Waals surface area contributed by atoms with Crippen LogP contribution in [0, 0.1) is 0 Å². The summed E-state index contributed by atoms with van der Waals surface area (Å²) in [4.78, 5) is 19.5. The molecule has 0 amide bonds. The maximum absolute atomic E-state index is 12.2. The highest BCUT2D eigenvalue weighted by Gasteiger charge is 2.09. The van der Waals surface area contributed by atoms with Crippen molar-refractivity contribution in [2.45, 2.75) is 6.42 Å². The zero-order valence-corrected chi connectivity index (χ0v) is 13.2. The van der Waals surface area contributed by atoms with Gasteiger partial charge in [0.1, 0.15) is 5.82 Å². The molecule has 114 valence electrons. The van der Waals surface area contributed by atoms with E-state index in [2.05, 4.69) is 20.2 Å². The summed E-state index contributed by atoms with van der Waals surface area (Å²) >= 11 is 12.0. The molecule has 2 aromatic heterocycles. The molecule has 0 radical (unpaired) electrons. The van der Waals surface area contributed by atoms with Gasteiger partial charge in [0.2, 0.25) is 0 Å². The summed E-state index contributed by atoms with van der Waals surface area (Å²) in [6.07, 6.45) is 2.27. The fourth-order valence-electron chi connectivity index (χ4n) is 2.56. The Hall–Kier alpha value is -2.37. The fraction of sp³-hybridized carbons (Fsp3) is 0.0625. The predicted octanol–water partition coefficient (Wildman–Crippen LogP) is 3.70. The van der Waals surface area contributed by atoms with Crippen molar-refractivity contribution < 1.29 is 0 Å². The second kappa shape index (κ2) is 5.37. The van der Waals surface area contributed by atoms with Crippen molar-refractivity contribution in [2.24, 2.45) is 0 Å².